The van der Waals surface area contributed by atoms with Crippen LogP contribution in [0, 0.1) is 0 Å². The van der Waals surface area contributed by atoms with Gasteiger partial charge >= 0.3 is 0 Å². The van der Waals surface area contributed by atoms with E-state index in [2.05, 4.69) is 20.2 Å². The number of rotatable bonds is 1. The van der Waals surface area contributed by atoms with E-state index in [1.807, 2.05) is 0 Å². The van der Waals surface area contributed by atoms with Gasteiger partial charge in [-0.3, -0.25) is 19.8 Å². The van der Waals surface area contributed by atoms with Gasteiger partial charge in [-0.15, -0.1) is 0 Å². The molecule has 0 fully saturated rings. The molecule has 0 radical (unpaired) electrons. The van der Waals surface area contributed by atoms with E-state index >= 15 is 0 Å². The quantitative estimate of drug-likeness (QED) is 0.360. The zero-order chi connectivity index (χ0) is 16.1. The van der Waals surface area contributed by atoms with Crippen molar-refractivity contribution in [3.8, 4) is 22.9 Å². The summed E-state index contributed by atoms with van der Waals surface area (Å²) in [5.74, 6) is 0.0978. The Labute approximate surface area is 127 Å². The predicted octanol–water partition coefficient (Wildman–Crippen LogP) is 1.17. The number of nitrogens with one attached hydrogen (secondary N) is 3. The van der Waals surface area contributed by atoms with E-state index in [0.29, 0.717) is 22.4 Å². The van der Waals surface area contributed by atoms with Crippen molar-refractivity contribution in [2.75, 3.05) is 0 Å². The van der Waals surface area contributed by atoms with Crippen molar-refractivity contribution >= 4 is 21.8 Å². The van der Waals surface area contributed by atoms with Gasteiger partial charge in [0.15, 0.2) is 0 Å². The SMILES string of the molecule is O=c1[nH][nH]c(=O)c2c1ccc1[nH]c(-c3ccc(O)cc3O)nc12. The van der Waals surface area contributed by atoms with E-state index in [9.17, 15) is 19.8 Å². The van der Waals surface area contributed by atoms with E-state index < -0.39 is 11.1 Å². The first-order valence-corrected chi connectivity index (χ1v) is 6.70. The monoisotopic (exact) mass is 310 g/mol. The highest BCUT2D eigenvalue weighted by Gasteiger charge is 2.14. The number of hydrogen-bond donors (Lipinski definition) is 5. The molecule has 0 saturated carbocycles. The number of fused-ring (bicyclic) bond motifs is 3. The highest BCUT2D eigenvalue weighted by molar-refractivity contribution is 6.04. The van der Waals surface area contributed by atoms with Gasteiger partial charge in [0.05, 0.1) is 21.9 Å². The number of imidazole rings is 1. The van der Waals surface area contributed by atoms with Gasteiger partial charge < -0.3 is 15.2 Å². The smallest absolute Gasteiger partial charge is 0.272 e. The normalized spacial score (nSPS) is 11.3. The lowest BCUT2D eigenvalue weighted by molar-refractivity contribution is 0.451. The molecular formula is C15H10N4O4. The molecule has 0 atom stereocenters. The van der Waals surface area contributed by atoms with Crippen molar-refractivity contribution in [1.82, 2.24) is 20.2 Å². The fourth-order valence-electron chi connectivity index (χ4n) is 2.59. The lowest BCUT2D eigenvalue weighted by atomic mass is 10.1. The minimum Gasteiger partial charge on any atom is -0.508 e. The van der Waals surface area contributed by atoms with Gasteiger partial charge in [-0.2, -0.15) is 0 Å². The highest BCUT2D eigenvalue weighted by atomic mass is 16.3. The molecule has 8 nitrogen and oxygen atoms in total. The Kier molecular flexibility index (Phi) is 2.55. The fraction of sp³-hybridized carbons (Fsp3) is 0. The maximum Gasteiger partial charge on any atom is 0.272 e. The van der Waals surface area contributed by atoms with Crippen LogP contribution in [0.5, 0.6) is 11.5 Å². The van der Waals surface area contributed by atoms with Crippen molar-refractivity contribution in [2.45, 2.75) is 0 Å². The molecule has 114 valence electrons. The number of aromatic nitrogens is 4. The van der Waals surface area contributed by atoms with Crippen LogP contribution < -0.4 is 11.1 Å². The second-order valence-electron chi connectivity index (χ2n) is 5.08. The molecule has 8 heteroatoms. The van der Waals surface area contributed by atoms with Crippen LogP contribution in [0.3, 0.4) is 0 Å². The molecular weight excluding hydrogens is 300 g/mol. The van der Waals surface area contributed by atoms with Gasteiger partial charge in [0.25, 0.3) is 11.1 Å². The van der Waals surface area contributed by atoms with Crippen LogP contribution in [-0.2, 0) is 0 Å². The Bertz CT molecular complexity index is 1190. The first kappa shape index (κ1) is 13.1. The van der Waals surface area contributed by atoms with E-state index in [4.69, 9.17) is 0 Å². The molecule has 23 heavy (non-hydrogen) atoms. The van der Waals surface area contributed by atoms with Crippen molar-refractivity contribution in [3.05, 3.63) is 51.0 Å². The maximum absolute atomic E-state index is 12.0. The molecule has 4 aromatic rings. The number of hydrogen-bond acceptors (Lipinski definition) is 5. The zero-order valence-electron chi connectivity index (χ0n) is 11.5. The van der Waals surface area contributed by atoms with Crippen molar-refractivity contribution in [3.63, 3.8) is 0 Å². The number of aromatic hydroxyl groups is 2. The van der Waals surface area contributed by atoms with Crippen LogP contribution in [0.4, 0.5) is 0 Å². The Balaban J connectivity index is 2.09. The minimum absolute atomic E-state index is 0.0733. The summed E-state index contributed by atoms with van der Waals surface area (Å²) in [5.41, 5.74) is 0.374. The molecule has 0 aliphatic carbocycles. The number of nitrogens with zero attached hydrogens (tertiary/aromatic N) is 1. The molecule has 5 N–H and O–H groups in total. The molecule has 0 spiro atoms. The van der Waals surface area contributed by atoms with Crippen LogP contribution in [0.15, 0.2) is 39.9 Å². The third-order valence-corrected chi connectivity index (χ3v) is 3.65. The van der Waals surface area contributed by atoms with Gasteiger partial charge in [0, 0.05) is 6.07 Å². The number of phenolic OH excluding ortho intramolecular Hbond substituents is 2. The molecule has 0 amide bonds. The Morgan fingerprint density at radius 3 is 2.52 bits per heavy atom. The summed E-state index contributed by atoms with van der Waals surface area (Å²) in [5, 5.41) is 24.2. The lowest BCUT2D eigenvalue weighted by Crippen LogP contribution is -2.19. The number of phenols is 2. The number of H-pyrrole nitrogens is 3. The lowest BCUT2D eigenvalue weighted by Gasteiger charge is -2.01. The van der Waals surface area contributed by atoms with Crippen molar-refractivity contribution in [1.29, 1.82) is 0 Å². The molecule has 0 aliphatic rings. The Hall–Kier alpha value is -3.55. The van der Waals surface area contributed by atoms with Crippen LogP contribution in [0.25, 0.3) is 33.2 Å². The van der Waals surface area contributed by atoms with Gasteiger partial charge in [-0.25, -0.2) is 4.98 Å². The van der Waals surface area contributed by atoms with Crippen LogP contribution in [0.2, 0.25) is 0 Å². The summed E-state index contributed by atoms with van der Waals surface area (Å²) < 4.78 is 0. The van der Waals surface area contributed by atoms with Crippen LogP contribution >= 0.6 is 0 Å². The number of benzene rings is 2. The summed E-state index contributed by atoms with van der Waals surface area (Å²) in [4.78, 5) is 31.2. The third kappa shape index (κ3) is 1.89. The molecule has 2 aromatic heterocycles. The largest absolute Gasteiger partial charge is 0.508 e. The van der Waals surface area contributed by atoms with Crippen molar-refractivity contribution < 1.29 is 10.2 Å². The molecule has 2 aromatic carbocycles. The maximum atomic E-state index is 12.0. The predicted molar refractivity (Wildman–Crippen MR) is 83.6 cm³/mol. The second kappa shape index (κ2) is 4.47. The topological polar surface area (TPSA) is 135 Å². The van der Waals surface area contributed by atoms with E-state index in [1.165, 1.54) is 24.3 Å². The highest BCUT2D eigenvalue weighted by Crippen LogP contribution is 2.32. The molecule has 0 aliphatic heterocycles. The van der Waals surface area contributed by atoms with Gasteiger partial charge in [-0.1, -0.05) is 0 Å². The summed E-state index contributed by atoms with van der Waals surface area (Å²) >= 11 is 0. The van der Waals surface area contributed by atoms with Crippen molar-refractivity contribution in [2.24, 2.45) is 0 Å². The molecule has 0 bridgehead atoms. The fourth-order valence-corrected chi connectivity index (χ4v) is 2.59. The average molecular weight is 310 g/mol. The van der Waals surface area contributed by atoms with Crippen LogP contribution in [-0.4, -0.2) is 30.4 Å². The Morgan fingerprint density at radius 1 is 0.957 bits per heavy atom. The molecule has 0 saturated heterocycles. The zero-order valence-corrected chi connectivity index (χ0v) is 11.5. The van der Waals surface area contributed by atoms with E-state index in [0.717, 1.165) is 0 Å². The van der Waals surface area contributed by atoms with Crippen LogP contribution in [0.1, 0.15) is 0 Å². The Morgan fingerprint density at radius 2 is 1.74 bits per heavy atom. The number of aromatic amines is 3. The van der Waals surface area contributed by atoms with E-state index in [1.54, 1.807) is 6.07 Å². The molecule has 4 rings (SSSR count). The average Bonchev–Trinajstić information content (AvgIpc) is 2.94. The minimum atomic E-state index is -0.460. The first-order chi connectivity index (χ1) is 11.0. The van der Waals surface area contributed by atoms with E-state index in [-0.39, 0.29) is 22.3 Å². The molecule has 0 unspecified atom stereocenters. The van der Waals surface area contributed by atoms with Gasteiger partial charge in [0.1, 0.15) is 22.8 Å². The summed E-state index contributed by atoms with van der Waals surface area (Å²) in [7, 11) is 0. The summed E-state index contributed by atoms with van der Waals surface area (Å²) in [6.45, 7) is 0. The van der Waals surface area contributed by atoms with Gasteiger partial charge in [-0.05, 0) is 24.3 Å². The van der Waals surface area contributed by atoms with Gasteiger partial charge in [0.2, 0.25) is 0 Å². The summed E-state index contributed by atoms with van der Waals surface area (Å²) in [6, 6.07) is 7.28. The third-order valence-electron chi connectivity index (χ3n) is 3.65. The second-order valence-corrected chi connectivity index (χ2v) is 5.08. The standard InChI is InChI=1S/C15H10N4O4/c20-6-1-2-7(10(21)5-6)13-16-9-4-3-8-11(12(9)17-13)15(23)19-18-14(8)22/h1-5,20-21H,(H,16,17)(H,18,22)(H,19,23). The molecule has 2 heterocycles. The first-order valence-electron chi connectivity index (χ1n) is 6.70. The summed E-state index contributed by atoms with van der Waals surface area (Å²) in [6.07, 6.45) is 0.